The Morgan fingerprint density at radius 2 is 0.433 bits per heavy atom. The largest absolute Gasteiger partial charge is 0.466 e. The maximum atomic E-state index is 12.6. The number of carbonyl (C=O) groups is 6. The highest BCUT2D eigenvalue weighted by Gasteiger charge is 2.45. The lowest BCUT2D eigenvalue weighted by Gasteiger charge is -2.47. The minimum absolute atomic E-state index is 0.0565. The average Bonchev–Trinajstić information content (AvgIpc) is 0.789. The fourth-order valence-electron chi connectivity index (χ4n) is 25.8. The second kappa shape index (κ2) is 92.2. The van der Waals surface area contributed by atoms with Crippen molar-refractivity contribution in [2.45, 2.75) is 650 Å². The van der Waals surface area contributed by atoms with Crippen LogP contribution in [0.4, 0.5) is 0 Å². The summed E-state index contributed by atoms with van der Waals surface area (Å²) in [7, 11) is 0. The first-order valence-corrected chi connectivity index (χ1v) is 64.6. The molecule has 0 spiro atoms. The standard InChI is InChI=1S/2C40H78N2O4.2C25H50N2O2/c1-6-8-10-12-14-16-18-20-22-24-30-45-37(43)26-28-42(35-40(5)33-36(41)32-39(3,4)34-40)29-27-38(44)46-31-25-23-21-19-17-15-13-11-9-7-2;1-6-8-10-12-14-16-18-20-22-24-30-45-37(43)26-28-41-35-40(5)33-36(32-39(3,4)34-40)42-29-27-38(44)46-31-25-23-21-19-17-15-13-11-9-7-2;1-5-6-7-8-9-10-11-12-13-14-17-29-23(28)15-16-27-21-25(4)19-22(26)18-24(2,3)20-25;1-5-6-7-8-9-10-11-12-13-14-17-29-23(28)15-16-27-22-18-24(2,3)20-25(4,19-22)21-26/h36H,6-35,41H2,1-5H3;36,41-42H,6-35H2,1-5H3;2*22,27H,5-21,26H2,1-4H3. The number of hydrogen-bond donors (Lipinski definition) is 7. The molecule has 20 heteroatoms. The third-order valence-corrected chi connectivity index (χ3v) is 32.4. The zero-order chi connectivity index (χ0) is 111. The first-order chi connectivity index (χ1) is 71.8. The second-order valence-electron chi connectivity index (χ2n) is 52.8. The molecule has 4 aliphatic carbocycles. The van der Waals surface area contributed by atoms with Crippen molar-refractivity contribution in [2.24, 2.45) is 60.5 Å². The molecule has 4 fully saturated rings. The lowest BCUT2D eigenvalue weighted by molar-refractivity contribution is -0.145. The van der Waals surface area contributed by atoms with Crippen LogP contribution in [0, 0.1) is 43.3 Å². The molecule has 0 radical (unpaired) electrons. The number of carbonyl (C=O) groups excluding carboxylic acids is 6. The molecule has 4 saturated carbocycles. The highest BCUT2D eigenvalue weighted by atomic mass is 16.6. The topological polar surface area (TPSA) is 287 Å². The van der Waals surface area contributed by atoms with E-state index in [4.69, 9.17) is 45.6 Å². The van der Waals surface area contributed by atoms with Crippen LogP contribution >= 0.6 is 0 Å². The minimum Gasteiger partial charge on any atom is -0.466 e. The van der Waals surface area contributed by atoms with Gasteiger partial charge in [0.1, 0.15) is 0 Å². The highest BCUT2D eigenvalue weighted by Crippen LogP contribution is 2.50. The Labute approximate surface area is 928 Å². The number of unbranched alkanes of at least 4 members (excludes halogenated alkanes) is 54. The van der Waals surface area contributed by atoms with Crippen molar-refractivity contribution in [3.63, 3.8) is 0 Å². The number of nitrogens with two attached hydrogens (primary N) is 3. The van der Waals surface area contributed by atoms with Crippen molar-refractivity contribution >= 4 is 35.8 Å². The smallest absolute Gasteiger partial charge is 0.307 e. The molecule has 4 rings (SSSR count). The lowest BCUT2D eigenvalue weighted by Crippen LogP contribution is -2.49. The fourth-order valence-corrected chi connectivity index (χ4v) is 25.8. The zero-order valence-electron chi connectivity index (χ0n) is 103. The Kier molecular flexibility index (Phi) is 88.8. The first kappa shape index (κ1) is 145. The Hall–Kier alpha value is -3.50. The molecule has 0 saturated heterocycles. The van der Waals surface area contributed by atoms with Gasteiger partial charge >= 0.3 is 35.8 Å². The molecule has 0 aromatic carbocycles. The molecule has 0 aliphatic heterocycles. The Bertz CT molecular complexity index is 3130. The van der Waals surface area contributed by atoms with E-state index < -0.39 is 0 Å². The number of nitrogens with one attached hydrogen (secondary N) is 4. The van der Waals surface area contributed by atoms with Gasteiger partial charge in [-0.1, -0.05) is 471 Å². The summed E-state index contributed by atoms with van der Waals surface area (Å²) in [5, 5.41) is 14.3. The molecule has 0 bridgehead atoms. The quantitative estimate of drug-likeness (QED) is 0.0169. The van der Waals surface area contributed by atoms with Crippen molar-refractivity contribution in [1.29, 1.82) is 0 Å². The van der Waals surface area contributed by atoms with Crippen LogP contribution in [0.3, 0.4) is 0 Å². The van der Waals surface area contributed by atoms with Gasteiger partial charge in [0.15, 0.2) is 0 Å². The molecule has 0 amide bonds. The maximum Gasteiger partial charge on any atom is 0.307 e. The summed E-state index contributed by atoms with van der Waals surface area (Å²) in [6, 6.07) is 1.31. The summed E-state index contributed by atoms with van der Waals surface area (Å²) in [5.74, 6) is -0.560. The van der Waals surface area contributed by atoms with Gasteiger partial charge in [0, 0.05) is 83.1 Å². The number of esters is 6. The van der Waals surface area contributed by atoms with Gasteiger partial charge in [-0.3, -0.25) is 28.8 Å². The summed E-state index contributed by atoms with van der Waals surface area (Å²) in [5.41, 5.74) is 20.5. The predicted molar refractivity (Wildman–Crippen MR) is 638 cm³/mol. The first-order valence-electron chi connectivity index (χ1n) is 64.6. The van der Waals surface area contributed by atoms with Gasteiger partial charge in [-0.2, -0.15) is 0 Å². The zero-order valence-corrected chi connectivity index (χ0v) is 103. The van der Waals surface area contributed by atoms with Crippen LogP contribution in [-0.4, -0.2) is 170 Å². The molecule has 8 unspecified atom stereocenters. The second-order valence-corrected chi connectivity index (χ2v) is 52.8. The summed E-state index contributed by atoms with van der Waals surface area (Å²) in [4.78, 5) is 76.0. The number of ether oxygens (including phenoxy) is 6. The van der Waals surface area contributed by atoms with E-state index in [1.807, 2.05) is 0 Å². The van der Waals surface area contributed by atoms with E-state index in [1.165, 1.54) is 334 Å². The van der Waals surface area contributed by atoms with Gasteiger partial charge in [-0.25, -0.2) is 0 Å². The summed E-state index contributed by atoms with van der Waals surface area (Å²) < 4.78 is 33.0. The van der Waals surface area contributed by atoms with E-state index in [1.54, 1.807) is 0 Å². The van der Waals surface area contributed by atoms with Crippen molar-refractivity contribution in [3.8, 4) is 0 Å². The van der Waals surface area contributed by atoms with Gasteiger partial charge < -0.3 is 71.8 Å². The molecule has 20 nitrogen and oxygen atoms in total. The van der Waals surface area contributed by atoms with Crippen molar-refractivity contribution < 1.29 is 57.2 Å². The van der Waals surface area contributed by atoms with Crippen LogP contribution < -0.4 is 38.5 Å². The summed E-state index contributed by atoms with van der Waals surface area (Å²) >= 11 is 0. The molecule has 150 heavy (non-hydrogen) atoms. The highest BCUT2D eigenvalue weighted by molar-refractivity contribution is 5.71. The van der Waals surface area contributed by atoms with E-state index in [2.05, 4.69) is 151 Å². The lowest BCUT2D eigenvalue weighted by atomic mass is 9.62. The van der Waals surface area contributed by atoms with Gasteiger partial charge in [-0.15, -0.1) is 0 Å². The van der Waals surface area contributed by atoms with Gasteiger partial charge in [-0.05, 0) is 165 Å². The molecule has 8 atom stereocenters. The van der Waals surface area contributed by atoms with Crippen LogP contribution in [0.25, 0.3) is 0 Å². The van der Waals surface area contributed by atoms with E-state index in [9.17, 15) is 28.8 Å². The van der Waals surface area contributed by atoms with Gasteiger partial charge in [0.05, 0.1) is 78.2 Å². The van der Waals surface area contributed by atoms with Gasteiger partial charge in [0.25, 0.3) is 0 Å². The Morgan fingerprint density at radius 1 is 0.240 bits per heavy atom. The van der Waals surface area contributed by atoms with Crippen LogP contribution in [-0.2, 0) is 57.2 Å². The van der Waals surface area contributed by atoms with Crippen LogP contribution in [0.5, 0.6) is 0 Å². The molecule has 0 aromatic rings. The van der Waals surface area contributed by atoms with Gasteiger partial charge in [0.2, 0.25) is 0 Å². The normalized spacial score (nSPS) is 21.1. The van der Waals surface area contributed by atoms with Crippen LogP contribution in [0.15, 0.2) is 0 Å². The predicted octanol–water partition coefficient (Wildman–Crippen LogP) is 32.9. The number of hydrogen-bond acceptors (Lipinski definition) is 20. The molecular weight excluding hydrogens is 1870 g/mol. The molecule has 888 valence electrons. The van der Waals surface area contributed by atoms with E-state index in [0.29, 0.717) is 140 Å². The number of rotatable bonds is 93. The SMILES string of the molecule is CCCCCCCCCCCCOC(=O)CCN(CCC(=O)OCCCCCCCCCCCC)CC1(C)CC(N)CC(C)(C)C1.CCCCCCCCCCCCOC(=O)CCNC1CC(C)(C)CC(C)(CN)C1.CCCCCCCCCCCCOC(=O)CCNCC1(C)CC(N)CC(C)(C)C1.CCCCCCCCCCCCOC(=O)CCNCC1(C)CC(NCCC(=O)OCCCCCCCCCCCC)CC(C)(C)C1. The van der Waals surface area contributed by atoms with Crippen LogP contribution in [0.1, 0.15) is 625 Å². The summed E-state index contributed by atoms with van der Waals surface area (Å²) in [6.07, 6.45) is 92.8. The molecule has 0 aromatic heterocycles. The Balaban J connectivity index is 0.00000102. The molecule has 10 N–H and O–H groups in total. The van der Waals surface area contributed by atoms with Crippen molar-refractivity contribution in [1.82, 2.24) is 26.2 Å². The fraction of sp³-hybridized carbons (Fsp3) is 0.954. The minimum atomic E-state index is -0.129. The molecule has 4 aliphatic rings. The molecular formula is C130H256N8O12. The van der Waals surface area contributed by atoms with Crippen molar-refractivity contribution in [2.75, 3.05) is 105 Å². The van der Waals surface area contributed by atoms with Crippen molar-refractivity contribution in [3.05, 3.63) is 0 Å². The summed E-state index contributed by atoms with van der Waals surface area (Å²) in [6.45, 7) is 52.1. The third-order valence-electron chi connectivity index (χ3n) is 32.4. The molecule has 0 heterocycles. The van der Waals surface area contributed by atoms with Crippen LogP contribution in [0.2, 0.25) is 0 Å². The van der Waals surface area contributed by atoms with E-state index in [-0.39, 0.29) is 80.4 Å². The average molecular weight is 2120 g/mol. The monoisotopic (exact) mass is 2120 g/mol. The Morgan fingerprint density at radius 3 is 0.673 bits per heavy atom. The third kappa shape index (κ3) is 87.4. The number of nitrogens with zero attached hydrogens (tertiary/aromatic N) is 1. The van der Waals surface area contributed by atoms with E-state index in [0.717, 1.165) is 155 Å². The maximum absolute atomic E-state index is 12.6. The van der Waals surface area contributed by atoms with E-state index >= 15 is 0 Å².